The Morgan fingerprint density at radius 1 is 1.21 bits per heavy atom. The van der Waals surface area contributed by atoms with Gasteiger partial charge < -0.3 is 10.5 Å². The lowest BCUT2D eigenvalue weighted by atomic mass is 10.3. The molecule has 19 heavy (non-hydrogen) atoms. The average Bonchev–Trinajstić information content (AvgIpc) is 2.38. The summed E-state index contributed by atoms with van der Waals surface area (Å²) in [6.07, 6.45) is 1.15. The molecular weight excluding hydrogens is 264 g/mol. The molecule has 0 amide bonds. The van der Waals surface area contributed by atoms with Crippen LogP contribution in [0.1, 0.15) is 5.69 Å². The highest BCUT2D eigenvalue weighted by molar-refractivity contribution is 7.90. The van der Waals surface area contributed by atoms with Gasteiger partial charge in [0.05, 0.1) is 10.6 Å². The molecule has 0 aliphatic carbocycles. The Morgan fingerprint density at radius 3 is 2.63 bits per heavy atom. The van der Waals surface area contributed by atoms with Crippen LogP contribution in [-0.2, 0) is 16.4 Å². The van der Waals surface area contributed by atoms with E-state index in [1.165, 1.54) is 12.1 Å². The van der Waals surface area contributed by atoms with E-state index in [-0.39, 0.29) is 4.90 Å². The van der Waals surface area contributed by atoms with Gasteiger partial charge in [0.1, 0.15) is 5.75 Å². The molecule has 100 valence electrons. The maximum atomic E-state index is 11.5. The van der Waals surface area contributed by atoms with Crippen molar-refractivity contribution in [2.24, 2.45) is 5.73 Å². The minimum atomic E-state index is -3.25. The molecule has 0 unspecified atom stereocenters. The van der Waals surface area contributed by atoms with Crippen molar-refractivity contribution in [2.45, 2.75) is 11.4 Å². The number of hydrogen-bond acceptors (Lipinski definition) is 5. The van der Waals surface area contributed by atoms with Crippen LogP contribution >= 0.6 is 0 Å². The van der Waals surface area contributed by atoms with E-state index in [1.807, 2.05) is 0 Å². The second kappa shape index (κ2) is 5.38. The maximum absolute atomic E-state index is 11.5. The number of sulfone groups is 1. The van der Waals surface area contributed by atoms with Crippen molar-refractivity contribution < 1.29 is 13.2 Å². The second-order valence-corrected chi connectivity index (χ2v) is 6.04. The number of hydrogen-bond donors (Lipinski definition) is 1. The third kappa shape index (κ3) is 3.52. The van der Waals surface area contributed by atoms with Gasteiger partial charge in [-0.1, -0.05) is 12.1 Å². The second-order valence-electron chi connectivity index (χ2n) is 4.02. The number of aromatic nitrogens is 1. The summed E-state index contributed by atoms with van der Waals surface area (Å²) in [5.41, 5.74) is 6.20. The fraction of sp³-hybridized carbons (Fsp3) is 0.154. The molecule has 1 aromatic carbocycles. The largest absolute Gasteiger partial charge is 0.439 e. The highest BCUT2D eigenvalue weighted by Gasteiger charge is 2.08. The molecule has 0 fully saturated rings. The van der Waals surface area contributed by atoms with E-state index < -0.39 is 9.84 Å². The Labute approximate surface area is 112 Å². The Balaban J connectivity index is 2.28. The summed E-state index contributed by atoms with van der Waals surface area (Å²) in [4.78, 5) is 4.39. The van der Waals surface area contributed by atoms with Crippen LogP contribution < -0.4 is 10.5 Å². The van der Waals surface area contributed by atoms with Crippen LogP contribution in [-0.4, -0.2) is 19.7 Å². The lowest BCUT2D eigenvalue weighted by Gasteiger charge is -2.07. The summed E-state index contributed by atoms with van der Waals surface area (Å²) in [5.74, 6) is 0.804. The van der Waals surface area contributed by atoms with Crippen LogP contribution in [0.3, 0.4) is 0 Å². The summed E-state index contributed by atoms with van der Waals surface area (Å²) >= 11 is 0. The van der Waals surface area contributed by atoms with Crippen LogP contribution in [0.2, 0.25) is 0 Å². The molecule has 2 rings (SSSR count). The van der Waals surface area contributed by atoms with Crippen molar-refractivity contribution in [3.63, 3.8) is 0 Å². The molecule has 1 aromatic heterocycles. The predicted octanol–water partition coefficient (Wildman–Crippen LogP) is 1.74. The standard InChI is InChI=1S/C13H14N2O3S/c1-19(16,17)12-6-3-5-11(8-12)18-13-7-2-4-10(9-14)15-13/h2-8H,9,14H2,1H3. The van der Waals surface area contributed by atoms with Gasteiger partial charge in [0, 0.05) is 18.9 Å². The van der Waals surface area contributed by atoms with Crippen molar-refractivity contribution in [3.05, 3.63) is 48.2 Å². The summed E-state index contributed by atoms with van der Waals surface area (Å²) in [6, 6.07) is 11.5. The summed E-state index contributed by atoms with van der Waals surface area (Å²) in [5, 5.41) is 0. The van der Waals surface area contributed by atoms with Crippen molar-refractivity contribution >= 4 is 9.84 Å². The van der Waals surface area contributed by atoms with Crippen LogP contribution in [0.15, 0.2) is 47.4 Å². The summed E-state index contributed by atoms with van der Waals surface area (Å²) in [7, 11) is -3.25. The van der Waals surface area contributed by atoms with E-state index in [9.17, 15) is 8.42 Å². The Morgan fingerprint density at radius 2 is 1.95 bits per heavy atom. The van der Waals surface area contributed by atoms with Crippen molar-refractivity contribution in [1.82, 2.24) is 4.98 Å². The van der Waals surface area contributed by atoms with E-state index in [0.29, 0.717) is 23.9 Å². The van der Waals surface area contributed by atoms with E-state index in [0.717, 1.165) is 6.26 Å². The normalized spacial score (nSPS) is 11.3. The van der Waals surface area contributed by atoms with Crippen LogP contribution in [0.5, 0.6) is 11.6 Å². The molecule has 2 N–H and O–H groups in total. The number of nitrogens with zero attached hydrogens (tertiary/aromatic N) is 1. The van der Waals surface area contributed by atoms with Crippen molar-refractivity contribution in [1.29, 1.82) is 0 Å². The molecule has 2 aromatic rings. The summed E-state index contributed by atoms with van der Waals surface area (Å²) < 4.78 is 28.4. The molecule has 1 heterocycles. The van der Waals surface area contributed by atoms with Crippen LogP contribution in [0, 0.1) is 0 Å². The molecule has 0 atom stereocenters. The van der Waals surface area contributed by atoms with Gasteiger partial charge in [-0.2, -0.15) is 0 Å². The van der Waals surface area contributed by atoms with Gasteiger partial charge in [0.2, 0.25) is 5.88 Å². The topological polar surface area (TPSA) is 82.3 Å². The zero-order valence-corrected chi connectivity index (χ0v) is 11.2. The van der Waals surface area contributed by atoms with E-state index in [4.69, 9.17) is 10.5 Å². The Hall–Kier alpha value is -1.92. The van der Waals surface area contributed by atoms with Gasteiger partial charge in [-0.05, 0) is 24.3 Å². The molecule has 5 nitrogen and oxygen atoms in total. The zero-order valence-electron chi connectivity index (χ0n) is 10.4. The fourth-order valence-corrected chi connectivity index (χ4v) is 2.17. The predicted molar refractivity (Wildman–Crippen MR) is 71.8 cm³/mol. The van der Waals surface area contributed by atoms with Crippen LogP contribution in [0.4, 0.5) is 0 Å². The fourth-order valence-electron chi connectivity index (χ4n) is 1.52. The smallest absolute Gasteiger partial charge is 0.219 e. The van der Waals surface area contributed by atoms with Gasteiger partial charge in [0.25, 0.3) is 0 Å². The molecule has 0 aliphatic rings. The van der Waals surface area contributed by atoms with E-state index in [1.54, 1.807) is 30.3 Å². The number of ether oxygens (including phenoxy) is 1. The van der Waals surface area contributed by atoms with E-state index >= 15 is 0 Å². The summed E-state index contributed by atoms with van der Waals surface area (Å²) in [6.45, 7) is 0.320. The molecular formula is C13H14N2O3S. The molecule has 6 heteroatoms. The van der Waals surface area contributed by atoms with Gasteiger partial charge >= 0.3 is 0 Å². The Kier molecular flexibility index (Phi) is 3.82. The molecule has 0 radical (unpaired) electrons. The number of pyridine rings is 1. The molecule has 0 bridgehead atoms. The van der Waals surface area contributed by atoms with Gasteiger partial charge in [0.15, 0.2) is 9.84 Å². The highest BCUT2D eigenvalue weighted by atomic mass is 32.2. The number of nitrogens with two attached hydrogens (primary N) is 1. The zero-order chi connectivity index (χ0) is 13.9. The third-order valence-corrected chi connectivity index (χ3v) is 3.56. The van der Waals surface area contributed by atoms with Crippen LogP contribution in [0.25, 0.3) is 0 Å². The maximum Gasteiger partial charge on any atom is 0.219 e. The lowest BCUT2D eigenvalue weighted by molar-refractivity contribution is 0.459. The first-order chi connectivity index (χ1) is 8.99. The third-order valence-electron chi connectivity index (χ3n) is 2.45. The first-order valence-electron chi connectivity index (χ1n) is 5.63. The first kappa shape index (κ1) is 13.5. The highest BCUT2D eigenvalue weighted by Crippen LogP contribution is 2.22. The van der Waals surface area contributed by atoms with E-state index in [2.05, 4.69) is 4.98 Å². The van der Waals surface area contributed by atoms with Crippen molar-refractivity contribution in [3.8, 4) is 11.6 Å². The first-order valence-corrected chi connectivity index (χ1v) is 7.52. The molecule has 0 spiro atoms. The molecule has 0 saturated carbocycles. The number of benzene rings is 1. The Bertz CT molecular complexity index is 684. The molecule has 0 aliphatic heterocycles. The minimum absolute atomic E-state index is 0.208. The quantitative estimate of drug-likeness (QED) is 0.921. The molecule has 0 saturated heterocycles. The lowest BCUT2D eigenvalue weighted by Crippen LogP contribution is -2.00. The van der Waals surface area contributed by atoms with Gasteiger partial charge in [-0.15, -0.1) is 0 Å². The van der Waals surface area contributed by atoms with Gasteiger partial charge in [-0.25, -0.2) is 13.4 Å². The monoisotopic (exact) mass is 278 g/mol. The average molecular weight is 278 g/mol. The number of rotatable bonds is 4. The van der Waals surface area contributed by atoms with Crippen molar-refractivity contribution in [2.75, 3.05) is 6.26 Å². The minimum Gasteiger partial charge on any atom is -0.439 e. The SMILES string of the molecule is CS(=O)(=O)c1cccc(Oc2cccc(CN)n2)c1. The van der Waals surface area contributed by atoms with Gasteiger partial charge in [-0.3, -0.25) is 0 Å².